The van der Waals surface area contributed by atoms with Gasteiger partial charge < -0.3 is 14.8 Å². The molecule has 0 amide bonds. The molecule has 0 aliphatic rings. The lowest BCUT2D eigenvalue weighted by atomic mass is 10.2. The van der Waals surface area contributed by atoms with Crippen LogP contribution < -0.4 is 14.8 Å². The van der Waals surface area contributed by atoms with Crippen LogP contribution in [0.15, 0.2) is 39.6 Å². The van der Waals surface area contributed by atoms with Gasteiger partial charge in [0.1, 0.15) is 11.5 Å². The summed E-state index contributed by atoms with van der Waals surface area (Å²) in [5.41, 5.74) is 0.810. The molecule has 0 saturated heterocycles. The van der Waals surface area contributed by atoms with Crippen molar-refractivity contribution in [1.29, 1.82) is 0 Å². The number of hydrazone groups is 1. The number of halogens is 1. The molecule has 6 nitrogen and oxygen atoms in total. The van der Waals surface area contributed by atoms with Gasteiger partial charge >= 0.3 is 10.1 Å². The molecule has 0 saturated carbocycles. The van der Waals surface area contributed by atoms with E-state index < -0.39 is 10.1 Å². The lowest BCUT2D eigenvalue weighted by Crippen LogP contribution is -2.08. The molecule has 9 heteroatoms. The Kier molecular flexibility index (Phi) is 5.86. The maximum Gasteiger partial charge on any atom is 0.348 e. The summed E-state index contributed by atoms with van der Waals surface area (Å²) < 4.78 is 35.5. The maximum atomic E-state index is 12.2. The lowest BCUT2D eigenvalue weighted by Gasteiger charge is -2.10. The number of nitrogens with two attached hydrogens (primary N) is 1. The summed E-state index contributed by atoms with van der Waals surface area (Å²) >= 11 is 6.70. The van der Waals surface area contributed by atoms with E-state index in [4.69, 9.17) is 26.4 Å². The van der Waals surface area contributed by atoms with E-state index in [2.05, 4.69) is 5.10 Å². The second-order valence-corrected chi connectivity index (χ2v) is 8.03. The van der Waals surface area contributed by atoms with Gasteiger partial charge in [-0.3, -0.25) is 0 Å². The van der Waals surface area contributed by atoms with Crippen LogP contribution in [-0.4, -0.2) is 21.2 Å². The number of ether oxygens (including phenoxy) is 1. The zero-order valence-corrected chi connectivity index (χ0v) is 14.6. The maximum absolute atomic E-state index is 12.2. The summed E-state index contributed by atoms with van der Waals surface area (Å²) in [6.45, 7) is 2.19. The molecule has 0 unspecified atom stereocenters. The zero-order chi connectivity index (χ0) is 16.9. The van der Waals surface area contributed by atoms with Crippen molar-refractivity contribution in [3.8, 4) is 11.5 Å². The van der Waals surface area contributed by atoms with Gasteiger partial charge in [0, 0.05) is 18.7 Å². The summed E-state index contributed by atoms with van der Waals surface area (Å²) in [7, 11) is -3.91. The fourth-order valence-corrected chi connectivity index (χ4v) is 4.11. The first-order valence-corrected chi connectivity index (χ1v) is 9.17. The van der Waals surface area contributed by atoms with Gasteiger partial charge in [-0.15, -0.1) is 11.3 Å². The summed E-state index contributed by atoms with van der Waals surface area (Å²) in [6, 6.07) is 7.81. The second kappa shape index (κ2) is 7.67. The number of nitrogens with zero attached hydrogens (tertiary/aromatic N) is 1. The van der Waals surface area contributed by atoms with Crippen molar-refractivity contribution in [2.24, 2.45) is 10.9 Å². The fraction of sp³-hybridized carbons (Fsp3) is 0.214. The molecule has 23 heavy (non-hydrogen) atoms. The second-order valence-electron chi connectivity index (χ2n) is 4.55. The Morgan fingerprint density at radius 2 is 2.04 bits per heavy atom. The third-order valence-electron chi connectivity index (χ3n) is 2.65. The van der Waals surface area contributed by atoms with Crippen molar-refractivity contribution in [3.05, 3.63) is 40.2 Å². The molecule has 0 fully saturated rings. The normalized spacial score (nSPS) is 11.7. The van der Waals surface area contributed by atoms with Crippen molar-refractivity contribution in [2.75, 3.05) is 6.61 Å². The van der Waals surface area contributed by atoms with Crippen molar-refractivity contribution >= 4 is 39.3 Å². The van der Waals surface area contributed by atoms with Gasteiger partial charge in [-0.05, 0) is 36.8 Å². The molecule has 0 atom stereocenters. The van der Waals surface area contributed by atoms with E-state index in [0.717, 1.165) is 16.9 Å². The summed E-state index contributed by atoms with van der Waals surface area (Å²) in [5.74, 6) is 5.68. The molecule has 1 aromatic heterocycles. The molecular weight excluding hydrogens is 360 g/mol. The van der Waals surface area contributed by atoms with E-state index in [1.165, 1.54) is 24.4 Å². The highest BCUT2D eigenvalue weighted by atomic mass is 35.5. The topological polar surface area (TPSA) is 91.0 Å². The fourth-order valence-electron chi connectivity index (χ4n) is 1.75. The van der Waals surface area contributed by atoms with E-state index in [1.807, 2.05) is 6.92 Å². The van der Waals surface area contributed by atoms with Gasteiger partial charge in [-0.2, -0.15) is 13.5 Å². The van der Waals surface area contributed by atoms with Gasteiger partial charge in [0.2, 0.25) is 0 Å². The van der Waals surface area contributed by atoms with E-state index in [-0.39, 0.29) is 9.96 Å². The molecule has 0 radical (unpaired) electrons. The number of thiophene rings is 1. The molecular formula is C14H15ClN2O4S2. The first-order chi connectivity index (χ1) is 10.9. The summed E-state index contributed by atoms with van der Waals surface area (Å²) in [6.07, 6.45) is 2.07. The minimum Gasteiger partial charge on any atom is -0.493 e. The quantitative estimate of drug-likeness (QED) is 0.264. The van der Waals surface area contributed by atoms with E-state index in [0.29, 0.717) is 23.1 Å². The Morgan fingerprint density at radius 3 is 2.70 bits per heavy atom. The van der Waals surface area contributed by atoms with Crippen LogP contribution in [0.3, 0.4) is 0 Å². The molecule has 124 valence electrons. The van der Waals surface area contributed by atoms with Crippen LogP contribution in [0.25, 0.3) is 0 Å². The highest BCUT2D eigenvalue weighted by molar-refractivity contribution is 7.89. The van der Waals surface area contributed by atoms with Crippen LogP contribution in [0.5, 0.6) is 11.5 Å². The Hall–Kier alpha value is -1.77. The van der Waals surface area contributed by atoms with Crippen LogP contribution >= 0.6 is 22.9 Å². The third kappa shape index (κ3) is 5.12. The third-order valence-corrected chi connectivity index (χ3v) is 5.58. The van der Waals surface area contributed by atoms with Gasteiger partial charge in [-0.25, -0.2) is 0 Å². The number of benzene rings is 1. The van der Waals surface area contributed by atoms with Crippen LogP contribution in [0.4, 0.5) is 0 Å². The Balaban J connectivity index is 2.14. The standard InChI is InChI=1S/C14H15ClN2O4S2/c1-10-7-11(20-6-2-5-17-16)9-12(8-10)21-23(18,19)14-4-3-13(15)22-14/h3-5,7-9H,2,6,16H2,1H3/b17-5+. The Labute approximate surface area is 143 Å². The molecule has 1 aromatic carbocycles. The van der Waals surface area contributed by atoms with Crippen LogP contribution in [0.2, 0.25) is 4.34 Å². The summed E-state index contributed by atoms with van der Waals surface area (Å²) in [5, 5.41) is 3.37. The van der Waals surface area contributed by atoms with Crippen molar-refractivity contribution in [1.82, 2.24) is 0 Å². The number of rotatable bonds is 7. The Bertz CT molecular complexity index is 803. The molecule has 2 N–H and O–H groups in total. The Morgan fingerprint density at radius 1 is 1.30 bits per heavy atom. The molecule has 0 aliphatic carbocycles. The van der Waals surface area contributed by atoms with E-state index >= 15 is 0 Å². The number of hydrogen-bond acceptors (Lipinski definition) is 7. The SMILES string of the molecule is Cc1cc(OCC/C=N/N)cc(OS(=O)(=O)c2ccc(Cl)s2)c1. The first kappa shape index (κ1) is 17.6. The average Bonchev–Trinajstić information content (AvgIpc) is 2.90. The van der Waals surface area contributed by atoms with E-state index in [9.17, 15) is 8.42 Å². The monoisotopic (exact) mass is 374 g/mol. The average molecular weight is 375 g/mol. The predicted octanol–water partition coefficient (Wildman–Crippen LogP) is 3.19. The van der Waals surface area contributed by atoms with Gasteiger partial charge in [0.25, 0.3) is 0 Å². The predicted molar refractivity (Wildman–Crippen MR) is 91.1 cm³/mol. The largest absolute Gasteiger partial charge is 0.493 e. The zero-order valence-electron chi connectivity index (χ0n) is 12.2. The molecule has 0 bridgehead atoms. The van der Waals surface area contributed by atoms with Crippen LogP contribution in [0, 0.1) is 6.92 Å². The molecule has 0 spiro atoms. The van der Waals surface area contributed by atoms with Crippen molar-refractivity contribution in [3.63, 3.8) is 0 Å². The minimum absolute atomic E-state index is 0.0469. The summed E-state index contributed by atoms with van der Waals surface area (Å²) in [4.78, 5) is 0. The van der Waals surface area contributed by atoms with Gasteiger partial charge in [0.05, 0.1) is 10.9 Å². The number of hydrogen-bond donors (Lipinski definition) is 1. The van der Waals surface area contributed by atoms with Crippen LogP contribution in [-0.2, 0) is 10.1 Å². The molecule has 1 heterocycles. The highest BCUT2D eigenvalue weighted by Gasteiger charge is 2.19. The van der Waals surface area contributed by atoms with Gasteiger partial charge in [-0.1, -0.05) is 11.6 Å². The molecule has 2 aromatic rings. The number of aryl methyl sites for hydroxylation is 1. The lowest BCUT2D eigenvalue weighted by molar-refractivity contribution is 0.329. The van der Waals surface area contributed by atoms with Gasteiger partial charge in [0.15, 0.2) is 4.21 Å². The van der Waals surface area contributed by atoms with Crippen molar-refractivity contribution < 1.29 is 17.3 Å². The molecule has 2 rings (SSSR count). The smallest absolute Gasteiger partial charge is 0.348 e. The first-order valence-electron chi connectivity index (χ1n) is 6.57. The van der Waals surface area contributed by atoms with E-state index in [1.54, 1.807) is 12.1 Å². The van der Waals surface area contributed by atoms with Crippen LogP contribution in [0.1, 0.15) is 12.0 Å². The minimum atomic E-state index is -3.91. The highest BCUT2D eigenvalue weighted by Crippen LogP contribution is 2.30. The van der Waals surface area contributed by atoms with Crippen molar-refractivity contribution in [2.45, 2.75) is 17.6 Å². The molecule has 0 aliphatic heterocycles.